The van der Waals surface area contributed by atoms with Crippen LogP contribution < -0.4 is 4.57 Å². The maximum Gasteiger partial charge on any atom is 0.239 e. The molecular formula is C10H18NSSi+. The van der Waals surface area contributed by atoms with Gasteiger partial charge in [0.05, 0.1) is 8.07 Å². The maximum absolute atomic E-state index is 2.41. The summed E-state index contributed by atoms with van der Waals surface area (Å²) in [6, 6.07) is 6.36. The van der Waals surface area contributed by atoms with Crippen molar-refractivity contribution < 1.29 is 4.57 Å². The fraction of sp³-hybridized carbons (Fsp3) is 0.500. The number of hydrogen-bond donors (Lipinski definition) is 0. The summed E-state index contributed by atoms with van der Waals surface area (Å²) in [5.74, 6) is 0. The lowest BCUT2D eigenvalue weighted by Crippen LogP contribution is -2.32. The summed E-state index contributed by atoms with van der Waals surface area (Å²) in [6.45, 7) is 7.22. The molecular weight excluding hydrogens is 194 g/mol. The van der Waals surface area contributed by atoms with Crippen molar-refractivity contribution in [3.63, 3.8) is 0 Å². The number of hydrogen-bond acceptors (Lipinski definition) is 1. The minimum Gasteiger partial charge on any atom is -0.196 e. The predicted octanol–water partition coefficient (Wildman–Crippen LogP) is 2.48. The molecule has 0 bridgehead atoms. The van der Waals surface area contributed by atoms with Crippen molar-refractivity contribution >= 4 is 19.8 Å². The van der Waals surface area contributed by atoms with E-state index >= 15 is 0 Å². The van der Waals surface area contributed by atoms with Gasteiger partial charge in [0.2, 0.25) is 5.03 Å². The van der Waals surface area contributed by atoms with Crippen molar-refractivity contribution in [3.8, 4) is 0 Å². The summed E-state index contributed by atoms with van der Waals surface area (Å²) in [7, 11) is 1.19. The molecule has 0 fully saturated rings. The van der Waals surface area contributed by atoms with Gasteiger partial charge in [-0.3, -0.25) is 0 Å². The number of aromatic nitrogens is 1. The zero-order chi connectivity index (χ0) is 9.90. The third-order valence-electron chi connectivity index (χ3n) is 1.66. The van der Waals surface area contributed by atoms with Crippen molar-refractivity contribution in [2.24, 2.45) is 7.05 Å². The van der Waals surface area contributed by atoms with Crippen LogP contribution in [0.25, 0.3) is 0 Å². The van der Waals surface area contributed by atoms with Crippen LogP contribution in [0.4, 0.5) is 0 Å². The molecule has 0 atom stereocenters. The Bertz CT molecular complexity index is 280. The molecule has 1 nitrogen and oxygen atoms in total. The van der Waals surface area contributed by atoms with E-state index in [9.17, 15) is 0 Å². The van der Waals surface area contributed by atoms with E-state index in [1.165, 1.54) is 10.4 Å². The molecule has 3 heteroatoms. The van der Waals surface area contributed by atoms with Crippen molar-refractivity contribution in [1.29, 1.82) is 0 Å². The number of pyridine rings is 1. The fourth-order valence-corrected chi connectivity index (χ4v) is 3.71. The van der Waals surface area contributed by atoms with E-state index < -0.39 is 8.07 Å². The molecule has 1 rings (SSSR count). The van der Waals surface area contributed by atoms with E-state index in [4.69, 9.17) is 0 Å². The zero-order valence-electron chi connectivity index (χ0n) is 8.87. The van der Waals surface area contributed by atoms with Crippen LogP contribution >= 0.6 is 11.8 Å². The lowest BCUT2D eigenvalue weighted by molar-refractivity contribution is -0.708. The Balaban J connectivity index is 2.60. The van der Waals surface area contributed by atoms with Gasteiger partial charge in [-0.2, -0.15) is 4.57 Å². The van der Waals surface area contributed by atoms with E-state index in [-0.39, 0.29) is 0 Å². The minimum atomic E-state index is -0.913. The second-order valence-electron chi connectivity index (χ2n) is 4.50. The summed E-state index contributed by atoms with van der Waals surface area (Å²) in [5, 5.41) is 2.66. The van der Waals surface area contributed by atoms with E-state index in [1.807, 2.05) is 11.8 Å². The van der Waals surface area contributed by atoms with E-state index in [1.54, 1.807) is 0 Å². The molecule has 0 radical (unpaired) electrons. The van der Waals surface area contributed by atoms with Gasteiger partial charge in [0.15, 0.2) is 6.20 Å². The van der Waals surface area contributed by atoms with Crippen molar-refractivity contribution in [3.05, 3.63) is 24.4 Å². The monoisotopic (exact) mass is 212 g/mol. The van der Waals surface area contributed by atoms with Crippen LogP contribution in [-0.2, 0) is 7.05 Å². The number of nitrogens with zero attached hydrogens (tertiary/aromatic N) is 1. The summed E-state index contributed by atoms with van der Waals surface area (Å²) in [4.78, 5) is 0. The largest absolute Gasteiger partial charge is 0.239 e. The van der Waals surface area contributed by atoms with Crippen LogP contribution in [0.5, 0.6) is 0 Å². The van der Waals surface area contributed by atoms with Crippen LogP contribution in [0.2, 0.25) is 19.6 Å². The highest BCUT2D eigenvalue weighted by atomic mass is 32.2. The average Bonchev–Trinajstić information content (AvgIpc) is 2.01. The number of thioether (sulfide) groups is 1. The molecule has 0 amide bonds. The summed E-state index contributed by atoms with van der Waals surface area (Å²) in [5.41, 5.74) is 0. The van der Waals surface area contributed by atoms with Gasteiger partial charge in [-0.05, 0) is 11.4 Å². The Morgan fingerprint density at radius 1 is 1.31 bits per heavy atom. The van der Waals surface area contributed by atoms with E-state index in [0.29, 0.717) is 0 Å². The topological polar surface area (TPSA) is 3.88 Å². The first-order valence-corrected chi connectivity index (χ1v) is 9.26. The van der Waals surface area contributed by atoms with Gasteiger partial charge in [0.1, 0.15) is 7.05 Å². The molecule has 0 aliphatic rings. The Morgan fingerprint density at radius 3 is 2.54 bits per heavy atom. The van der Waals surface area contributed by atoms with Crippen LogP contribution in [-0.4, -0.2) is 13.5 Å². The Labute approximate surface area is 86.2 Å². The van der Waals surface area contributed by atoms with Crippen molar-refractivity contribution in [2.45, 2.75) is 24.7 Å². The summed E-state index contributed by atoms with van der Waals surface area (Å²) < 4.78 is 2.19. The maximum atomic E-state index is 2.41. The first-order chi connectivity index (χ1) is 5.99. The molecule has 0 aliphatic carbocycles. The first-order valence-electron chi connectivity index (χ1n) is 4.56. The third kappa shape index (κ3) is 3.96. The molecule has 1 aromatic heterocycles. The van der Waals surface area contributed by atoms with E-state index in [0.717, 1.165) is 0 Å². The van der Waals surface area contributed by atoms with Crippen LogP contribution in [0.1, 0.15) is 0 Å². The van der Waals surface area contributed by atoms with Crippen LogP contribution in [0.15, 0.2) is 29.4 Å². The highest BCUT2D eigenvalue weighted by Gasteiger charge is 2.16. The Morgan fingerprint density at radius 2 is 2.00 bits per heavy atom. The Hall–Kier alpha value is -0.283. The predicted molar refractivity (Wildman–Crippen MR) is 61.7 cm³/mol. The minimum absolute atomic E-state index is 0.913. The number of aryl methyl sites for hydroxylation is 1. The molecule has 0 aliphatic heterocycles. The molecule has 0 saturated carbocycles. The van der Waals surface area contributed by atoms with Crippen LogP contribution in [0.3, 0.4) is 0 Å². The normalized spacial score (nSPS) is 11.7. The van der Waals surface area contributed by atoms with Gasteiger partial charge >= 0.3 is 0 Å². The smallest absolute Gasteiger partial charge is 0.196 e. The summed E-state index contributed by atoms with van der Waals surface area (Å²) >= 11 is 1.98. The van der Waals surface area contributed by atoms with Gasteiger partial charge in [0, 0.05) is 12.1 Å². The molecule has 0 N–H and O–H groups in total. The van der Waals surface area contributed by atoms with Gasteiger partial charge in [-0.15, -0.1) is 0 Å². The van der Waals surface area contributed by atoms with Crippen molar-refractivity contribution in [1.82, 2.24) is 0 Å². The molecule has 0 saturated heterocycles. The van der Waals surface area contributed by atoms with Crippen molar-refractivity contribution in [2.75, 3.05) is 5.38 Å². The van der Waals surface area contributed by atoms with Gasteiger partial charge in [-0.25, -0.2) is 0 Å². The molecule has 0 aromatic carbocycles. The highest BCUT2D eigenvalue weighted by Crippen LogP contribution is 2.17. The lowest BCUT2D eigenvalue weighted by Gasteiger charge is -2.13. The first kappa shape index (κ1) is 10.8. The second kappa shape index (κ2) is 4.29. The standard InChI is InChI=1S/C10H18NSSi/c1-11-8-6-5-7-10(11)12-9-13(2,3)4/h5-8H,9H2,1-4H3/q+1. The Kier molecular flexibility index (Phi) is 3.56. The zero-order valence-corrected chi connectivity index (χ0v) is 10.7. The SMILES string of the molecule is C[n+]1ccccc1SC[Si](C)(C)C. The van der Waals surface area contributed by atoms with Gasteiger partial charge in [-0.1, -0.05) is 31.4 Å². The van der Waals surface area contributed by atoms with Gasteiger partial charge in [0.25, 0.3) is 0 Å². The summed E-state index contributed by atoms with van der Waals surface area (Å²) in [6.07, 6.45) is 2.10. The second-order valence-corrected chi connectivity index (χ2v) is 11.5. The van der Waals surface area contributed by atoms with Gasteiger partial charge < -0.3 is 0 Å². The molecule has 72 valence electrons. The quantitative estimate of drug-likeness (QED) is 0.423. The molecule has 0 spiro atoms. The third-order valence-corrected chi connectivity index (χ3v) is 6.42. The lowest BCUT2D eigenvalue weighted by atomic mass is 10.5. The molecule has 1 aromatic rings. The molecule has 0 unspecified atom stereocenters. The highest BCUT2D eigenvalue weighted by molar-refractivity contribution is 8.00. The average molecular weight is 212 g/mol. The molecule has 13 heavy (non-hydrogen) atoms. The number of rotatable bonds is 3. The van der Waals surface area contributed by atoms with E-state index in [2.05, 4.69) is 55.7 Å². The van der Waals surface area contributed by atoms with Crippen LogP contribution in [0, 0.1) is 0 Å². The fourth-order valence-electron chi connectivity index (χ4n) is 0.948. The molecule has 1 heterocycles.